The molecular formula is C12H15N5O2S. The summed E-state index contributed by atoms with van der Waals surface area (Å²) in [7, 11) is 0. The smallest absolute Gasteiger partial charge is 0.358 e. The Labute approximate surface area is 119 Å². The van der Waals surface area contributed by atoms with E-state index < -0.39 is 0 Å². The van der Waals surface area contributed by atoms with E-state index in [2.05, 4.69) is 22.1 Å². The molecule has 0 aromatic carbocycles. The monoisotopic (exact) mass is 293 g/mol. The Morgan fingerprint density at radius 1 is 1.55 bits per heavy atom. The molecule has 2 aromatic rings. The largest absolute Gasteiger partial charge is 0.373 e. The number of thiazole rings is 1. The number of fused-ring (bicyclic) bond motifs is 2. The maximum Gasteiger partial charge on any atom is 0.373 e. The van der Waals surface area contributed by atoms with Gasteiger partial charge in [0.25, 0.3) is 4.96 Å². The van der Waals surface area contributed by atoms with Crippen molar-refractivity contribution in [1.82, 2.24) is 14.7 Å². The zero-order valence-electron chi connectivity index (χ0n) is 11.0. The second-order valence-electron chi connectivity index (χ2n) is 5.55. The van der Waals surface area contributed by atoms with E-state index in [-0.39, 0.29) is 10.7 Å². The van der Waals surface area contributed by atoms with Gasteiger partial charge < -0.3 is 20.3 Å². The number of nitrogens with one attached hydrogen (secondary N) is 1. The van der Waals surface area contributed by atoms with E-state index >= 15 is 0 Å². The van der Waals surface area contributed by atoms with Crippen LogP contribution < -0.4 is 10.2 Å². The first-order valence-electron chi connectivity index (χ1n) is 6.74. The van der Waals surface area contributed by atoms with Gasteiger partial charge in [0, 0.05) is 31.1 Å². The van der Waals surface area contributed by atoms with Crippen molar-refractivity contribution in [3.8, 4) is 0 Å². The van der Waals surface area contributed by atoms with Crippen molar-refractivity contribution in [2.45, 2.75) is 13.0 Å². The first-order chi connectivity index (χ1) is 9.66. The summed E-state index contributed by atoms with van der Waals surface area (Å²) in [5.74, 6) is 1.77. The molecule has 20 heavy (non-hydrogen) atoms. The lowest BCUT2D eigenvalue weighted by atomic mass is 9.95. The minimum Gasteiger partial charge on any atom is -0.358 e. The van der Waals surface area contributed by atoms with Crippen LogP contribution in [0.5, 0.6) is 0 Å². The van der Waals surface area contributed by atoms with Crippen LogP contribution in [0.15, 0.2) is 11.6 Å². The van der Waals surface area contributed by atoms with E-state index in [1.165, 1.54) is 11.3 Å². The molecule has 8 heteroatoms. The molecule has 2 aliphatic rings. The molecule has 0 spiro atoms. The molecule has 2 aromatic heterocycles. The molecule has 2 saturated heterocycles. The van der Waals surface area contributed by atoms with Crippen LogP contribution in [0.25, 0.3) is 4.96 Å². The van der Waals surface area contributed by atoms with Crippen molar-refractivity contribution in [1.29, 1.82) is 0 Å². The lowest BCUT2D eigenvalue weighted by molar-refractivity contribution is -0.389. The van der Waals surface area contributed by atoms with Gasteiger partial charge in [-0.2, -0.15) is 9.38 Å². The molecule has 2 aliphatic heterocycles. The van der Waals surface area contributed by atoms with Crippen LogP contribution in [-0.4, -0.2) is 40.0 Å². The number of imidazole rings is 1. The van der Waals surface area contributed by atoms with Crippen molar-refractivity contribution >= 4 is 27.9 Å². The van der Waals surface area contributed by atoms with Gasteiger partial charge >= 0.3 is 5.82 Å². The van der Waals surface area contributed by atoms with E-state index in [0.29, 0.717) is 28.7 Å². The van der Waals surface area contributed by atoms with Gasteiger partial charge in [-0.1, -0.05) is 11.3 Å². The molecule has 4 heterocycles. The van der Waals surface area contributed by atoms with Crippen molar-refractivity contribution < 1.29 is 4.92 Å². The van der Waals surface area contributed by atoms with Crippen molar-refractivity contribution in [2.24, 2.45) is 11.8 Å². The molecule has 7 nitrogen and oxygen atoms in total. The topological polar surface area (TPSA) is 75.7 Å². The fourth-order valence-electron chi connectivity index (χ4n) is 3.57. The highest BCUT2D eigenvalue weighted by atomic mass is 32.1. The van der Waals surface area contributed by atoms with Crippen molar-refractivity contribution in [2.75, 3.05) is 24.5 Å². The third kappa shape index (κ3) is 1.52. The summed E-state index contributed by atoms with van der Waals surface area (Å²) < 4.78 is 1.58. The maximum atomic E-state index is 11.4. The Hall–Kier alpha value is -1.67. The minimum absolute atomic E-state index is 0.0982. The van der Waals surface area contributed by atoms with Gasteiger partial charge in [0.1, 0.15) is 6.20 Å². The third-order valence-electron chi connectivity index (χ3n) is 4.60. The van der Waals surface area contributed by atoms with Crippen LogP contribution in [0.3, 0.4) is 0 Å². The minimum atomic E-state index is -0.318. The molecule has 3 unspecified atom stereocenters. The summed E-state index contributed by atoms with van der Waals surface area (Å²) in [5.41, 5.74) is 0. The zero-order valence-corrected chi connectivity index (χ0v) is 11.8. The number of rotatable bonds is 2. The van der Waals surface area contributed by atoms with E-state index in [0.717, 1.165) is 19.6 Å². The van der Waals surface area contributed by atoms with Gasteiger partial charge in [-0.3, -0.25) is 0 Å². The summed E-state index contributed by atoms with van der Waals surface area (Å²) in [4.78, 5) is 18.4. The van der Waals surface area contributed by atoms with E-state index in [1.54, 1.807) is 10.6 Å². The van der Waals surface area contributed by atoms with Crippen LogP contribution in [0, 0.1) is 22.0 Å². The SMILES string of the molecule is CC1C2CNCC2CN1c1nc2sccn2c1[N+](=O)[O-]. The van der Waals surface area contributed by atoms with E-state index in [1.807, 2.05) is 5.38 Å². The van der Waals surface area contributed by atoms with Crippen LogP contribution in [0.2, 0.25) is 0 Å². The van der Waals surface area contributed by atoms with Crippen molar-refractivity contribution in [3.63, 3.8) is 0 Å². The second-order valence-corrected chi connectivity index (χ2v) is 6.42. The quantitative estimate of drug-likeness (QED) is 0.668. The third-order valence-corrected chi connectivity index (χ3v) is 5.36. The Bertz CT molecular complexity index is 680. The van der Waals surface area contributed by atoms with E-state index in [9.17, 15) is 10.1 Å². The molecule has 106 valence electrons. The number of hydrogen-bond acceptors (Lipinski definition) is 6. The fourth-order valence-corrected chi connectivity index (χ4v) is 4.28. The lowest BCUT2D eigenvalue weighted by Crippen LogP contribution is -2.33. The molecule has 4 rings (SSSR count). The molecule has 0 saturated carbocycles. The van der Waals surface area contributed by atoms with Crippen LogP contribution in [-0.2, 0) is 0 Å². The van der Waals surface area contributed by atoms with Crippen molar-refractivity contribution in [3.05, 3.63) is 21.7 Å². The predicted octanol–water partition coefficient (Wildman–Crippen LogP) is 1.35. The second kappa shape index (κ2) is 4.16. The summed E-state index contributed by atoms with van der Waals surface area (Å²) in [6.45, 7) is 5.00. The van der Waals surface area contributed by atoms with Gasteiger partial charge in [0.15, 0.2) is 0 Å². The van der Waals surface area contributed by atoms with Gasteiger partial charge in [-0.15, -0.1) is 0 Å². The molecule has 0 bridgehead atoms. The molecule has 0 radical (unpaired) electrons. The molecule has 1 N–H and O–H groups in total. The normalized spacial score (nSPS) is 29.2. The van der Waals surface area contributed by atoms with Crippen LogP contribution >= 0.6 is 11.3 Å². The number of nitrogens with zero attached hydrogens (tertiary/aromatic N) is 4. The molecule has 2 fully saturated rings. The highest BCUT2D eigenvalue weighted by molar-refractivity contribution is 7.15. The Balaban J connectivity index is 1.80. The highest BCUT2D eigenvalue weighted by Gasteiger charge is 2.45. The molecular weight excluding hydrogens is 278 g/mol. The number of hydrogen-bond donors (Lipinski definition) is 1. The zero-order chi connectivity index (χ0) is 13.9. The van der Waals surface area contributed by atoms with Crippen LogP contribution in [0.4, 0.5) is 11.6 Å². The standard InChI is InChI=1S/C12H15N5O2S/c1-7-9-5-13-4-8(9)6-16(7)10-11(17(18)19)15-2-3-20-12(15)14-10/h2-3,7-9,13H,4-6H2,1H3. The predicted molar refractivity (Wildman–Crippen MR) is 76.4 cm³/mol. The number of aromatic nitrogens is 2. The first kappa shape index (κ1) is 12.1. The van der Waals surface area contributed by atoms with Gasteiger partial charge in [-0.05, 0) is 23.7 Å². The van der Waals surface area contributed by atoms with Gasteiger partial charge in [0.05, 0.1) is 0 Å². The molecule has 3 atom stereocenters. The summed E-state index contributed by atoms with van der Waals surface area (Å²) in [6.07, 6.45) is 1.72. The summed E-state index contributed by atoms with van der Waals surface area (Å²) in [5, 5.41) is 16.6. The Morgan fingerprint density at radius 2 is 2.40 bits per heavy atom. The maximum absolute atomic E-state index is 11.4. The fraction of sp³-hybridized carbons (Fsp3) is 0.583. The Morgan fingerprint density at radius 3 is 3.15 bits per heavy atom. The molecule has 0 aliphatic carbocycles. The lowest BCUT2D eigenvalue weighted by Gasteiger charge is -2.23. The number of nitro groups is 1. The van der Waals surface area contributed by atoms with Gasteiger partial charge in [0.2, 0.25) is 5.82 Å². The highest BCUT2D eigenvalue weighted by Crippen LogP contribution is 2.40. The first-order valence-corrected chi connectivity index (χ1v) is 7.62. The Kier molecular flexibility index (Phi) is 2.52. The number of anilines is 1. The average molecular weight is 293 g/mol. The van der Waals surface area contributed by atoms with Gasteiger partial charge in [-0.25, -0.2) is 0 Å². The summed E-state index contributed by atoms with van der Waals surface area (Å²) in [6, 6.07) is 0.290. The van der Waals surface area contributed by atoms with E-state index in [4.69, 9.17) is 0 Å². The average Bonchev–Trinajstić information content (AvgIpc) is 3.09. The summed E-state index contributed by atoms with van der Waals surface area (Å²) >= 11 is 1.43. The molecule has 0 amide bonds. The van der Waals surface area contributed by atoms with Crippen LogP contribution in [0.1, 0.15) is 6.92 Å².